The summed E-state index contributed by atoms with van der Waals surface area (Å²) in [5.74, 6) is 2.74. The van der Waals surface area contributed by atoms with Gasteiger partial charge in [-0.1, -0.05) is 66.2 Å². The summed E-state index contributed by atoms with van der Waals surface area (Å²) in [5.41, 5.74) is 8.16. The number of nitrogens with zero attached hydrogens (tertiary/aromatic N) is 13. The lowest BCUT2D eigenvalue weighted by Crippen LogP contribution is -2.47. The van der Waals surface area contributed by atoms with Crippen LogP contribution in [0.3, 0.4) is 0 Å². The highest BCUT2D eigenvalue weighted by Gasteiger charge is 2.31. The largest absolute Gasteiger partial charge is 0.363 e. The molecule has 0 unspecified atom stereocenters. The number of aromatic amines is 1. The van der Waals surface area contributed by atoms with E-state index in [2.05, 4.69) is 91.5 Å². The van der Waals surface area contributed by atoms with Gasteiger partial charge in [0, 0.05) is 89.0 Å². The number of anilines is 6. The molecular formula is C61H72N18O4S. The number of benzene rings is 3. The van der Waals surface area contributed by atoms with Crippen molar-refractivity contribution < 1.29 is 18.0 Å². The molecule has 84 heavy (non-hydrogen) atoms. The summed E-state index contributed by atoms with van der Waals surface area (Å²) in [6, 6.07) is 31.0. The number of likely N-dealkylation sites (N-methyl/N-ethyl adjacent to an activating group) is 2. The van der Waals surface area contributed by atoms with Crippen molar-refractivity contribution in [2.75, 3.05) is 87.7 Å². The second-order valence-corrected chi connectivity index (χ2v) is 24.7. The summed E-state index contributed by atoms with van der Waals surface area (Å²) in [7, 11) is 0.168. The summed E-state index contributed by atoms with van der Waals surface area (Å²) in [4.78, 5) is 57.6. The van der Waals surface area contributed by atoms with E-state index in [1.165, 1.54) is 32.4 Å². The Morgan fingerprint density at radius 2 is 1.08 bits per heavy atom. The first kappa shape index (κ1) is 55.8. The van der Waals surface area contributed by atoms with Gasteiger partial charge in [0.25, 0.3) is 21.8 Å². The zero-order valence-electron chi connectivity index (χ0n) is 48.5. The number of fused-ring (bicyclic) bond motifs is 4. The van der Waals surface area contributed by atoms with Crippen molar-refractivity contribution in [2.45, 2.75) is 89.4 Å². The number of nitrogens with one attached hydrogen (secondary N) is 5. The van der Waals surface area contributed by atoms with Gasteiger partial charge in [0.15, 0.2) is 17.3 Å². The normalized spacial score (nSPS) is 17.4. The van der Waals surface area contributed by atoms with E-state index in [1.54, 1.807) is 45.8 Å². The van der Waals surface area contributed by atoms with Crippen molar-refractivity contribution in [3.05, 3.63) is 149 Å². The molecular weight excluding hydrogens is 1080 g/mol. The summed E-state index contributed by atoms with van der Waals surface area (Å²) < 4.78 is 32.4. The molecule has 0 saturated carbocycles. The number of aryl methyl sites for hydroxylation is 3. The molecule has 4 aliphatic rings. The summed E-state index contributed by atoms with van der Waals surface area (Å²) in [6.45, 7) is 16.0. The number of amides is 2. The van der Waals surface area contributed by atoms with Crippen LogP contribution in [-0.2, 0) is 22.9 Å². The quantitative estimate of drug-likeness (QED) is 0.0683. The molecule has 436 valence electrons. The lowest BCUT2D eigenvalue weighted by Gasteiger charge is -2.32. The fourth-order valence-electron chi connectivity index (χ4n) is 11.6. The SMILES string of the molecule is CC(C)n1nc(Nc2nc(N[C@H]3CCc4ccccc43)c3cc[nH]c3n2)cc1C(=O)N1CCN(C)CC1.Cc1ccc(S(=O)(=O)n2ccc3c(N[C@H]4CCc5ccccc54)nc(Nc4cc(C(=O)N5CCN(C)CC5)n(C(C)C)n4)nc32)cc1. The first-order valence-electron chi connectivity index (χ1n) is 29.0. The van der Waals surface area contributed by atoms with Crippen LogP contribution in [0.4, 0.5) is 35.2 Å². The predicted molar refractivity (Wildman–Crippen MR) is 326 cm³/mol. The average molecular weight is 1150 g/mol. The maximum atomic E-state index is 13.9. The second-order valence-electron chi connectivity index (χ2n) is 22.9. The third-order valence-corrected chi connectivity index (χ3v) is 18.0. The molecule has 2 aliphatic heterocycles. The van der Waals surface area contributed by atoms with Crippen LogP contribution >= 0.6 is 0 Å². The Labute approximate surface area is 488 Å². The van der Waals surface area contributed by atoms with Gasteiger partial charge in [0.1, 0.15) is 28.7 Å². The molecule has 0 radical (unpaired) electrons. The fraction of sp³-hybridized carbons (Fsp3) is 0.377. The Morgan fingerprint density at radius 3 is 1.60 bits per heavy atom. The van der Waals surface area contributed by atoms with Crippen LogP contribution in [0.25, 0.3) is 22.1 Å². The van der Waals surface area contributed by atoms with E-state index in [0.717, 1.165) is 74.3 Å². The Hall–Kier alpha value is -8.67. The lowest BCUT2D eigenvalue weighted by atomic mass is 10.1. The van der Waals surface area contributed by atoms with Crippen LogP contribution in [0.5, 0.6) is 0 Å². The van der Waals surface area contributed by atoms with Crippen molar-refractivity contribution in [3.8, 4) is 0 Å². The number of hydrogen-bond donors (Lipinski definition) is 5. The highest BCUT2D eigenvalue weighted by Crippen LogP contribution is 2.38. The average Bonchev–Trinajstić information content (AvgIpc) is 2.39. The first-order valence-corrected chi connectivity index (χ1v) is 30.4. The maximum absolute atomic E-state index is 13.9. The zero-order valence-corrected chi connectivity index (χ0v) is 49.4. The summed E-state index contributed by atoms with van der Waals surface area (Å²) in [6.07, 6.45) is 7.29. The highest BCUT2D eigenvalue weighted by atomic mass is 32.2. The van der Waals surface area contributed by atoms with Gasteiger partial charge in [-0.3, -0.25) is 19.0 Å². The van der Waals surface area contributed by atoms with Crippen LogP contribution in [0.15, 0.2) is 114 Å². The van der Waals surface area contributed by atoms with E-state index in [4.69, 9.17) is 25.1 Å². The van der Waals surface area contributed by atoms with Crippen LogP contribution in [0, 0.1) is 6.92 Å². The third kappa shape index (κ3) is 11.3. The van der Waals surface area contributed by atoms with Crippen molar-refractivity contribution >= 4 is 79.1 Å². The molecule has 3 aromatic carbocycles. The number of piperazine rings is 2. The number of H-pyrrole nitrogens is 1. The highest BCUT2D eigenvalue weighted by molar-refractivity contribution is 7.90. The molecule has 23 heteroatoms. The van der Waals surface area contributed by atoms with Gasteiger partial charge in [-0.15, -0.1) is 0 Å². The molecule has 9 aromatic rings. The monoisotopic (exact) mass is 1150 g/mol. The number of rotatable bonds is 14. The maximum Gasteiger partial charge on any atom is 0.272 e. The third-order valence-electron chi connectivity index (χ3n) is 16.3. The van der Waals surface area contributed by atoms with Crippen molar-refractivity contribution in [2.24, 2.45) is 0 Å². The molecule has 6 aromatic heterocycles. The first-order chi connectivity index (χ1) is 40.5. The van der Waals surface area contributed by atoms with Gasteiger partial charge in [-0.2, -0.15) is 30.1 Å². The number of carbonyl (C=O) groups excluding carboxylic acids is 2. The van der Waals surface area contributed by atoms with Gasteiger partial charge in [0.05, 0.1) is 27.8 Å². The molecule has 0 bridgehead atoms. The second kappa shape index (κ2) is 23.2. The van der Waals surface area contributed by atoms with Gasteiger partial charge in [-0.05, 0) is 121 Å². The minimum atomic E-state index is -3.97. The van der Waals surface area contributed by atoms with Gasteiger partial charge < -0.3 is 45.9 Å². The van der Waals surface area contributed by atoms with Crippen molar-refractivity contribution in [1.82, 2.24) is 68.1 Å². The summed E-state index contributed by atoms with van der Waals surface area (Å²) in [5, 5.41) is 24.6. The predicted octanol–water partition coefficient (Wildman–Crippen LogP) is 8.95. The zero-order chi connectivity index (χ0) is 58.4. The minimum Gasteiger partial charge on any atom is -0.363 e. The Kier molecular flexibility index (Phi) is 15.4. The van der Waals surface area contributed by atoms with E-state index >= 15 is 0 Å². The Morgan fingerprint density at radius 1 is 0.595 bits per heavy atom. The van der Waals surface area contributed by atoms with Crippen molar-refractivity contribution in [3.63, 3.8) is 0 Å². The van der Waals surface area contributed by atoms with Crippen LogP contribution in [-0.4, -0.2) is 155 Å². The molecule has 2 saturated heterocycles. The van der Waals surface area contributed by atoms with Crippen LogP contribution in [0.2, 0.25) is 0 Å². The minimum absolute atomic E-state index is 0.00201. The Bertz CT molecular complexity index is 4000. The molecule has 5 N–H and O–H groups in total. The molecule has 13 rings (SSSR count). The molecule has 2 amide bonds. The molecule has 2 fully saturated rings. The van der Waals surface area contributed by atoms with Gasteiger partial charge >= 0.3 is 0 Å². The number of carbonyl (C=O) groups is 2. The standard InChI is InChI=1S/C34H39N9O3S.C27H33N9O/c1-22(2)43-29(33(44)41-19-17-40(4)18-20-41)21-30(39-43)36-34-37-31(35-28-14-11-24-7-5-6-8-26(24)28)27-15-16-42(32(27)38-34)47(45,46)25-12-9-23(3)10-13-25;1-17(2)36-22(26(37)35-14-12-34(3)13-15-35)16-23(33-36)30-27-31-24-20(10-11-28-24)25(32-27)29-21-9-8-18-6-4-5-7-19(18)21/h5-10,12-13,15-16,21-22,28H,11,14,17-20H2,1-4H3,(H2,35,36,37,38,39);4-7,10-11,16-17,21H,8-9,12-15H2,1-3H3,(H3,28,29,30,31,32,33)/t28-;21-/m00/s1. The smallest absolute Gasteiger partial charge is 0.272 e. The Balaban J connectivity index is 0.000000170. The topological polar surface area (TPSA) is 237 Å². The van der Waals surface area contributed by atoms with Crippen LogP contribution < -0.4 is 21.3 Å². The molecule has 2 atom stereocenters. The number of aromatic nitrogens is 10. The molecule has 22 nitrogen and oxygen atoms in total. The molecule has 8 heterocycles. The van der Waals surface area contributed by atoms with E-state index in [-0.39, 0.29) is 52.5 Å². The fourth-order valence-corrected chi connectivity index (χ4v) is 12.9. The van der Waals surface area contributed by atoms with E-state index in [9.17, 15) is 18.0 Å². The van der Waals surface area contributed by atoms with Gasteiger partial charge in [0.2, 0.25) is 11.9 Å². The number of hydrogen-bond acceptors (Lipinski definition) is 16. The van der Waals surface area contributed by atoms with E-state index in [1.807, 2.05) is 74.9 Å². The van der Waals surface area contributed by atoms with Gasteiger partial charge in [-0.25, -0.2) is 12.4 Å². The van der Waals surface area contributed by atoms with Crippen LogP contribution in [0.1, 0.15) is 113 Å². The lowest BCUT2D eigenvalue weighted by molar-refractivity contribution is 0.0643. The molecule has 2 aliphatic carbocycles. The van der Waals surface area contributed by atoms with Crippen molar-refractivity contribution in [1.29, 1.82) is 0 Å². The van der Waals surface area contributed by atoms with E-state index < -0.39 is 10.0 Å². The molecule has 0 spiro atoms. The van der Waals surface area contributed by atoms with E-state index in [0.29, 0.717) is 66.4 Å². The summed E-state index contributed by atoms with van der Waals surface area (Å²) >= 11 is 0.